The summed E-state index contributed by atoms with van der Waals surface area (Å²) in [4.78, 5) is 14.4. The van der Waals surface area contributed by atoms with E-state index in [1.165, 1.54) is 11.0 Å². The fraction of sp³-hybridized carbons (Fsp3) is 0.278. The summed E-state index contributed by atoms with van der Waals surface area (Å²) in [5, 5.41) is 0.501. The minimum atomic E-state index is -3.17. The molecule has 1 fully saturated rings. The molecule has 1 heterocycles. The molecule has 4 nitrogen and oxygen atoms in total. The molecule has 1 aliphatic heterocycles. The minimum absolute atomic E-state index is 0.0221. The van der Waals surface area contributed by atoms with E-state index in [-0.39, 0.29) is 24.0 Å². The quantitative estimate of drug-likeness (QED) is 0.816. The molecule has 2 aromatic carbocycles. The summed E-state index contributed by atoms with van der Waals surface area (Å²) in [6, 6.07) is 12.1. The van der Waals surface area contributed by atoms with E-state index >= 15 is 0 Å². The third-order valence-electron chi connectivity index (χ3n) is 4.30. The smallest absolute Gasteiger partial charge is 0.254 e. The summed E-state index contributed by atoms with van der Waals surface area (Å²) in [5.41, 5.74) is 0.749. The second-order valence-corrected chi connectivity index (χ2v) is 8.75. The third kappa shape index (κ3) is 4.19. The van der Waals surface area contributed by atoms with Crippen molar-refractivity contribution in [3.8, 4) is 0 Å². The average Bonchev–Trinajstić information content (AvgIpc) is 2.94. The Morgan fingerprint density at radius 2 is 1.84 bits per heavy atom. The molecule has 0 saturated carbocycles. The first-order valence-corrected chi connectivity index (χ1v) is 10.1. The van der Waals surface area contributed by atoms with Crippen LogP contribution in [0.5, 0.6) is 0 Å². The molecule has 25 heavy (non-hydrogen) atoms. The van der Waals surface area contributed by atoms with Gasteiger partial charge in [-0.2, -0.15) is 0 Å². The monoisotopic (exact) mass is 381 g/mol. The summed E-state index contributed by atoms with van der Waals surface area (Å²) in [7, 11) is -3.17. The van der Waals surface area contributed by atoms with Crippen LogP contribution < -0.4 is 0 Å². The molecule has 2 aromatic rings. The van der Waals surface area contributed by atoms with E-state index in [2.05, 4.69) is 0 Å². The minimum Gasteiger partial charge on any atom is -0.330 e. The van der Waals surface area contributed by atoms with Crippen LogP contribution in [0.1, 0.15) is 22.3 Å². The molecule has 0 aliphatic carbocycles. The van der Waals surface area contributed by atoms with Crippen molar-refractivity contribution in [1.82, 2.24) is 4.90 Å². The number of hydrogen-bond acceptors (Lipinski definition) is 3. The number of carbonyl (C=O) groups excluding carboxylic acids is 1. The molecule has 1 saturated heterocycles. The van der Waals surface area contributed by atoms with E-state index in [1.54, 1.807) is 42.5 Å². The van der Waals surface area contributed by atoms with E-state index in [9.17, 15) is 17.6 Å². The Balaban J connectivity index is 1.92. The zero-order valence-corrected chi connectivity index (χ0v) is 14.9. The van der Waals surface area contributed by atoms with Crippen molar-refractivity contribution in [1.29, 1.82) is 0 Å². The largest absolute Gasteiger partial charge is 0.330 e. The van der Waals surface area contributed by atoms with Gasteiger partial charge < -0.3 is 4.90 Å². The Bertz CT molecular complexity index is 883. The van der Waals surface area contributed by atoms with Crippen LogP contribution in [0.4, 0.5) is 4.39 Å². The number of hydrogen-bond donors (Lipinski definition) is 0. The van der Waals surface area contributed by atoms with Crippen LogP contribution >= 0.6 is 11.6 Å². The second-order valence-electron chi connectivity index (χ2n) is 6.09. The lowest BCUT2D eigenvalue weighted by Gasteiger charge is -2.28. The molecule has 1 atom stereocenters. The molecule has 0 bridgehead atoms. The normalized spacial score (nSPS) is 18.9. The SMILES string of the molecule is O=C(c1ccc(Cl)cc1)N(Cc1ccccc1F)[C@H]1CCS(=O)(=O)C1. The number of nitrogens with zero attached hydrogens (tertiary/aromatic N) is 1. The highest BCUT2D eigenvalue weighted by molar-refractivity contribution is 7.91. The predicted molar refractivity (Wildman–Crippen MR) is 94.8 cm³/mol. The van der Waals surface area contributed by atoms with Gasteiger partial charge in [0.15, 0.2) is 9.84 Å². The lowest BCUT2D eigenvalue weighted by Crippen LogP contribution is -2.40. The van der Waals surface area contributed by atoms with Crippen LogP contribution in [-0.2, 0) is 16.4 Å². The van der Waals surface area contributed by atoms with Gasteiger partial charge in [0.05, 0.1) is 11.5 Å². The highest BCUT2D eigenvalue weighted by Crippen LogP contribution is 2.23. The molecule has 7 heteroatoms. The first-order chi connectivity index (χ1) is 11.9. The van der Waals surface area contributed by atoms with Crippen molar-refractivity contribution in [2.24, 2.45) is 0 Å². The van der Waals surface area contributed by atoms with Crippen molar-refractivity contribution in [3.05, 3.63) is 70.5 Å². The molecule has 1 aliphatic rings. The Hall–Kier alpha value is -1.92. The van der Waals surface area contributed by atoms with E-state index < -0.39 is 21.7 Å². The Morgan fingerprint density at radius 3 is 2.44 bits per heavy atom. The number of halogens is 2. The van der Waals surface area contributed by atoms with E-state index in [0.29, 0.717) is 22.6 Å². The Kier molecular flexibility index (Phi) is 5.11. The van der Waals surface area contributed by atoms with Crippen molar-refractivity contribution in [3.63, 3.8) is 0 Å². The summed E-state index contributed by atoms with van der Waals surface area (Å²) in [6.07, 6.45) is 0.357. The van der Waals surface area contributed by atoms with Gasteiger partial charge in [0.1, 0.15) is 5.82 Å². The lowest BCUT2D eigenvalue weighted by molar-refractivity contribution is 0.0679. The standard InChI is InChI=1S/C18H17ClFNO3S/c19-15-7-5-13(6-8-15)18(22)21(16-9-10-25(23,24)12-16)11-14-3-1-2-4-17(14)20/h1-8,16H,9-12H2/t16-/m0/s1. The number of sulfone groups is 1. The number of amides is 1. The number of rotatable bonds is 4. The van der Waals surface area contributed by atoms with Gasteiger partial charge in [0, 0.05) is 28.7 Å². The first kappa shape index (κ1) is 17.9. The van der Waals surface area contributed by atoms with Gasteiger partial charge in [0.2, 0.25) is 0 Å². The molecule has 3 rings (SSSR count). The van der Waals surface area contributed by atoms with Gasteiger partial charge in [-0.3, -0.25) is 4.79 Å². The average molecular weight is 382 g/mol. The number of carbonyl (C=O) groups is 1. The molecule has 0 N–H and O–H groups in total. The van der Waals surface area contributed by atoms with Crippen molar-refractivity contribution in [2.75, 3.05) is 11.5 Å². The molecule has 0 aromatic heterocycles. The van der Waals surface area contributed by atoms with Gasteiger partial charge in [0.25, 0.3) is 5.91 Å². The van der Waals surface area contributed by atoms with Crippen molar-refractivity contribution < 1.29 is 17.6 Å². The van der Waals surface area contributed by atoms with Gasteiger partial charge >= 0.3 is 0 Å². The van der Waals surface area contributed by atoms with Gasteiger partial charge in [-0.15, -0.1) is 0 Å². The topological polar surface area (TPSA) is 54.5 Å². The van der Waals surface area contributed by atoms with E-state index in [4.69, 9.17) is 11.6 Å². The fourth-order valence-electron chi connectivity index (χ4n) is 2.96. The zero-order chi connectivity index (χ0) is 18.0. The van der Waals surface area contributed by atoms with Gasteiger partial charge in [-0.05, 0) is 36.8 Å². The number of benzene rings is 2. The molecular weight excluding hydrogens is 365 g/mol. The van der Waals surface area contributed by atoms with Crippen LogP contribution in [0.2, 0.25) is 5.02 Å². The summed E-state index contributed by atoms with van der Waals surface area (Å²) in [5.74, 6) is -0.806. The third-order valence-corrected chi connectivity index (χ3v) is 6.30. The fourth-order valence-corrected chi connectivity index (χ4v) is 4.81. The van der Waals surface area contributed by atoms with Gasteiger partial charge in [-0.25, -0.2) is 12.8 Å². The molecule has 1 amide bonds. The van der Waals surface area contributed by atoms with Crippen LogP contribution in [0.15, 0.2) is 48.5 Å². The van der Waals surface area contributed by atoms with Crippen molar-refractivity contribution in [2.45, 2.75) is 19.0 Å². The molecule has 0 unspecified atom stereocenters. The Morgan fingerprint density at radius 1 is 1.16 bits per heavy atom. The van der Waals surface area contributed by atoms with Gasteiger partial charge in [-0.1, -0.05) is 29.8 Å². The maximum absolute atomic E-state index is 14.0. The molecule has 132 valence electrons. The molecule has 0 spiro atoms. The summed E-state index contributed by atoms with van der Waals surface area (Å²) >= 11 is 5.86. The van der Waals surface area contributed by atoms with Crippen molar-refractivity contribution >= 4 is 27.3 Å². The summed E-state index contributed by atoms with van der Waals surface area (Å²) < 4.78 is 37.7. The first-order valence-electron chi connectivity index (χ1n) is 7.86. The predicted octanol–water partition coefficient (Wildman–Crippen LogP) is 3.31. The molecule has 0 radical (unpaired) electrons. The van der Waals surface area contributed by atoms with Crippen LogP contribution in [0.25, 0.3) is 0 Å². The molecular formula is C18H17ClFNO3S. The Labute approximate surface area is 151 Å². The van der Waals surface area contributed by atoms with Crippen LogP contribution in [-0.4, -0.2) is 36.8 Å². The second kappa shape index (κ2) is 7.14. The maximum Gasteiger partial charge on any atom is 0.254 e. The summed E-state index contributed by atoms with van der Waals surface area (Å²) in [6.45, 7) is 0.0221. The highest BCUT2D eigenvalue weighted by Gasteiger charge is 2.35. The van der Waals surface area contributed by atoms with Crippen LogP contribution in [0.3, 0.4) is 0 Å². The van der Waals surface area contributed by atoms with Crippen LogP contribution in [0, 0.1) is 5.82 Å². The highest BCUT2D eigenvalue weighted by atomic mass is 35.5. The lowest BCUT2D eigenvalue weighted by atomic mass is 10.1. The van der Waals surface area contributed by atoms with E-state index in [0.717, 1.165) is 0 Å². The maximum atomic E-state index is 14.0. The zero-order valence-electron chi connectivity index (χ0n) is 13.4. The van der Waals surface area contributed by atoms with E-state index in [1.807, 2.05) is 0 Å².